The van der Waals surface area contributed by atoms with E-state index in [4.69, 9.17) is 0 Å². The molecule has 2 fully saturated rings. The van der Waals surface area contributed by atoms with Crippen LogP contribution in [0.25, 0.3) is 0 Å². The third kappa shape index (κ3) is 1.59. The highest BCUT2D eigenvalue weighted by Gasteiger charge is 2.41. The predicted octanol–water partition coefficient (Wildman–Crippen LogP) is 0.549. The number of hydrogen-bond donors (Lipinski definition) is 1. The fraction of sp³-hybridized carbons (Fsp3) is 0.818. The minimum absolute atomic E-state index is 0.723. The summed E-state index contributed by atoms with van der Waals surface area (Å²) in [5.74, 6) is 7.90. The average molecular weight is 178 g/mol. The molecule has 0 aromatic rings. The Kier molecular flexibility index (Phi) is 2.57. The van der Waals surface area contributed by atoms with Crippen LogP contribution in [-0.4, -0.2) is 37.1 Å². The number of hydrogen-bond acceptors (Lipinski definition) is 2. The van der Waals surface area contributed by atoms with Gasteiger partial charge in [-0.3, -0.25) is 4.90 Å². The van der Waals surface area contributed by atoms with Crippen molar-refractivity contribution in [1.29, 1.82) is 0 Å². The molecule has 2 aliphatic heterocycles. The SMILES string of the molecule is CC#CCN1CC2CNCC2C1C. The van der Waals surface area contributed by atoms with Crippen molar-refractivity contribution >= 4 is 0 Å². The van der Waals surface area contributed by atoms with E-state index in [1.54, 1.807) is 0 Å². The largest absolute Gasteiger partial charge is 0.316 e. The van der Waals surface area contributed by atoms with E-state index in [-0.39, 0.29) is 0 Å². The van der Waals surface area contributed by atoms with Crippen LogP contribution in [0, 0.1) is 23.7 Å². The number of nitrogens with zero attached hydrogens (tertiary/aromatic N) is 1. The van der Waals surface area contributed by atoms with E-state index in [1.807, 2.05) is 6.92 Å². The molecule has 0 radical (unpaired) electrons. The van der Waals surface area contributed by atoms with Crippen molar-refractivity contribution in [2.45, 2.75) is 19.9 Å². The van der Waals surface area contributed by atoms with Crippen LogP contribution in [0.1, 0.15) is 13.8 Å². The second-order valence-electron chi connectivity index (χ2n) is 4.18. The van der Waals surface area contributed by atoms with Gasteiger partial charge < -0.3 is 5.32 Å². The average Bonchev–Trinajstić information content (AvgIpc) is 2.67. The summed E-state index contributed by atoms with van der Waals surface area (Å²) in [6.07, 6.45) is 0. The zero-order valence-electron chi connectivity index (χ0n) is 8.51. The van der Waals surface area contributed by atoms with Crippen LogP contribution in [0.15, 0.2) is 0 Å². The van der Waals surface area contributed by atoms with Crippen LogP contribution in [0.5, 0.6) is 0 Å². The van der Waals surface area contributed by atoms with Crippen LogP contribution in [0.4, 0.5) is 0 Å². The first-order chi connectivity index (χ1) is 6.33. The lowest BCUT2D eigenvalue weighted by Gasteiger charge is -2.21. The van der Waals surface area contributed by atoms with Crippen LogP contribution in [-0.2, 0) is 0 Å². The van der Waals surface area contributed by atoms with E-state index in [1.165, 1.54) is 19.6 Å². The van der Waals surface area contributed by atoms with E-state index >= 15 is 0 Å². The number of likely N-dealkylation sites (tertiary alicyclic amines) is 1. The summed E-state index contributed by atoms with van der Waals surface area (Å²) in [7, 11) is 0. The van der Waals surface area contributed by atoms with Crippen molar-refractivity contribution in [2.75, 3.05) is 26.2 Å². The Morgan fingerprint density at radius 1 is 1.46 bits per heavy atom. The molecule has 0 saturated carbocycles. The molecule has 2 rings (SSSR count). The summed E-state index contributed by atoms with van der Waals surface area (Å²) in [5.41, 5.74) is 0. The van der Waals surface area contributed by atoms with Gasteiger partial charge in [-0.05, 0) is 38.8 Å². The highest BCUT2D eigenvalue weighted by molar-refractivity contribution is 5.03. The van der Waals surface area contributed by atoms with Gasteiger partial charge in [-0.25, -0.2) is 0 Å². The van der Waals surface area contributed by atoms with Crippen LogP contribution < -0.4 is 5.32 Å². The molecule has 2 heteroatoms. The second kappa shape index (κ2) is 3.69. The fourth-order valence-corrected chi connectivity index (χ4v) is 2.65. The Hall–Kier alpha value is -0.520. The van der Waals surface area contributed by atoms with Crippen molar-refractivity contribution in [1.82, 2.24) is 10.2 Å². The molecule has 2 saturated heterocycles. The summed E-state index contributed by atoms with van der Waals surface area (Å²) >= 11 is 0. The van der Waals surface area contributed by atoms with Crippen molar-refractivity contribution in [3.05, 3.63) is 0 Å². The van der Waals surface area contributed by atoms with Crippen LogP contribution in [0.2, 0.25) is 0 Å². The third-order valence-corrected chi connectivity index (χ3v) is 3.52. The van der Waals surface area contributed by atoms with Crippen molar-refractivity contribution in [2.24, 2.45) is 11.8 Å². The molecular formula is C11H18N2. The van der Waals surface area contributed by atoms with Crippen molar-refractivity contribution in [3.63, 3.8) is 0 Å². The quantitative estimate of drug-likeness (QED) is 0.590. The van der Waals surface area contributed by atoms with Gasteiger partial charge in [0.05, 0.1) is 6.54 Å². The van der Waals surface area contributed by atoms with Gasteiger partial charge in [-0.2, -0.15) is 0 Å². The van der Waals surface area contributed by atoms with Gasteiger partial charge in [0.2, 0.25) is 0 Å². The number of fused-ring (bicyclic) bond motifs is 1. The molecule has 0 aliphatic carbocycles. The standard InChI is InChI=1S/C11H18N2/c1-3-4-5-13-8-10-6-12-7-11(10)9(13)2/h9-12H,5-8H2,1-2H3. The Morgan fingerprint density at radius 2 is 2.31 bits per heavy atom. The summed E-state index contributed by atoms with van der Waals surface area (Å²) in [5, 5.41) is 3.47. The Balaban J connectivity index is 1.96. The molecule has 72 valence electrons. The molecule has 0 spiro atoms. The topological polar surface area (TPSA) is 15.3 Å². The third-order valence-electron chi connectivity index (χ3n) is 3.52. The molecule has 0 bridgehead atoms. The first kappa shape index (κ1) is 9.05. The molecular weight excluding hydrogens is 160 g/mol. The zero-order valence-corrected chi connectivity index (χ0v) is 8.51. The molecule has 13 heavy (non-hydrogen) atoms. The van der Waals surface area contributed by atoms with E-state index in [0.717, 1.165) is 24.4 Å². The van der Waals surface area contributed by atoms with Gasteiger partial charge in [0.25, 0.3) is 0 Å². The molecule has 1 N–H and O–H groups in total. The Morgan fingerprint density at radius 3 is 3.00 bits per heavy atom. The van der Waals surface area contributed by atoms with Crippen molar-refractivity contribution in [3.8, 4) is 11.8 Å². The maximum Gasteiger partial charge on any atom is 0.0603 e. The maximum atomic E-state index is 3.47. The fourth-order valence-electron chi connectivity index (χ4n) is 2.65. The lowest BCUT2D eigenvalue weighted by atomic mass is 9.95. The second-order valence-corrected chi connectivity index (χ2v) is 4.18. The summed E-state index contributed by atoms with van der Waals surface area (Å²) in [4.78, 5) is 2.52. The molecule has 2 aliphatic rings. The molecule has 2 nitrogen and oxygen atoms in total. The lowest BCUT2D eigenvalue weighted by Crippen LogP contribution is -2.33. The minimum atomic E-state index is 0.723. The molecule has 0 aromatic carbocycles. The lowest BCUT2D eigenvalue weighted by molar-refractivity contribution is 0.268. The monoisotopic (exact) mass is 178 g/mol. The van der Waals surface area contributed by atoms with Gasteiger partial charge in [-0.1, -0.05) is 5.92 Å². The van der Waals surface area contributed by atoms with E-state index in [0.29, 0.717) is 0 Å². The van der Waals surface area contributed by atoms with Crippen LogP contribution >= 0.6 is 0 Å². The highest BCUT2D eigenvalue weighted by atomic mass is 15.2. The molecule has 3 atom stereocenters. The van der Waals surface area contributed by atoms with Crippen molar-refractivity contribution < 1.29 is 0 Å². The number of rotatable bonds is 1. The van der Waals surface area contributed by atoms with E-state index in [2.05, 4.69) is 29.0 Å². The summed E-state index contributed by atoms with van der Waals surface area (Å²) < 4.78 is 0. The Labute approximate surface area is 80.7 Å². The van der Waals surface area contributed by atoms with E-state index < -0.39 is 0 Å². The van der Waals surface area contributed by atoms with E-state index in [9.17, 15) is 0 Å². The first-order valence-electron chi connectivity index (χ1n) is 5.17. The van der Waals surface area contributed by atoms with Gasteiger partial charge in [-0.15, -0.1) is 5.92 Å². The summed E-state index contributed by atoms with van der Waals surface area (Å²) in [6.45, 7) is 8.89. The predicted molar refractivity (Wildman–Crippen MR) is 54.3 cm³/mol. The van der Waals surface area contributed by atoms with Gasteiger partial charge in [0, 0.05) is 12.6 Å². The highest BCUT2D eigenvalue weighted by Crippen LogP contribution is 2.31. The van der Waals surface area contributed by atoms with Gasteiger partial charge in [0.1, 0.15) is 0 Å². The molecule has 0 amide bonds. The smallest absolute Gasteiger partial charge is 0.0603 e. The molecule has 2 heterocycles. The molecule has 3 unspecified atom stereocenters. The minimum Gasteiger partial charge on any atom is -0.316 e. The van der Waals surface area contributed by atoms with Gasteiger partial charge >= 0.3 is 0 Å². The normalized spacial score (nSPS) is 38.5. The zero-order chi connectivity index (χ0) is 9.26. The number of nitrogens with one attached hydrogen (secondary N) is 1. The first-order valence-corrected chi connectivity index (χ1v) is 5.17. The Bertz CT molecular complexity index is 238. The summed E-state index contributed by atoms with van der Waals surface area (Å²) in [6, 6.07) is 0.723. The maximum absolute atomic E-state index is 3.47. The van der Waals surface area contributed by atoms with Gasteiger partial charge in [0.15, 0.2) is 0 Å². The molecule has 0 aromatic heterocycles. The van der Waals surface area contributed by atoms with Crippen LogP contribution in [0.3, 0.4) is 0 Å².